The number of hydrogen-bond donors (Lipinski definition) is 1. The van der Waals surface area contributed by atoms with E-state index in [4.69, 9.17) is 0 Å². The van der Waals surface area contributed by atoms with Crippen molar-refractivity contribution >= 4 is 11.8 Å². The van der Waals surface area contributed by atoms with Gasteiger partial charge in [0.25, 0.3) is 0 Å². The van der Waals surface area contributed by atoms with E-state index in [1.165, 1.54) is 4.90 Å². The summed E-state index contributed by atoms with van der Waals surface area (Å²) < 4.78 is 1.92. The molecule has 0 amide bonds. The Morgan fingerprint density at radius 3 is 2.80 bits per heavy atom. The normalized spacial score (nSPS) is 11.2. The van der Waals surface area contributed by atoms with Crippen LogP contribution in [0.2, 0.25) is 0 Å². The first kappa shape index (κ1) is 15.1. The first-order chi connectivity index (χ1) is 9.74. The zero-order valence-corrected chi connectivity index (χ0v) is 12.9. The minimum absolute atomic E-state index is 0.652. The van der Waals surface area contributed by atoms with Crippen molar-refractivity contribution in [3.05, 3.63) is 42.5 Å². The Labute approximate surface area is 125 Å². The summed E-state index contributed by atoms with van der Waals surface area (Å²) in [5, 5.41) is 7.82. The summed E-state index contributed by atoms with van der Waals surface area (Å²) in [5.41, 5.74) is 0. The van der Waals surface area contributed by atoms with Gasteiger partial charge in [-0.25, -0.2) is 4.98 Å². The lowest BCUT2D eigenvalue weighted by Crippen LogP contribution is -2.19. The fraction of sp³-hybridized carbons (Fsp3) is 0.467. The Balaban J connectivity index is 1.70. The Bertz CT molecular complexity index is 496. The molecule has 0 unspecified atom stereocenters. The number of hydrogen-bond acceptors (Lipinski definition) is 4. The zero-order chi connectivity index (χ0) is 14.2. The summed E-state index contributed by atoms with van der Waals surface area (Å²) in [6, 6.07) is 10.4. The molecule has 0 atom stereocenters. The monoisotopic (exact) mass is 290 g/mol. The Morgan fingerprint density at radius 1 is 1.25 bits per heavy atom. The third-order valence-electron chi connectivity index (χ3n) is 2.75. The van der Waals surface area contributed by atoms with E-state index in [-0.39, 0.29) is 0 Å². The third-order valence-corrected chi connectivity index (χ3v) is 3.74. The van der Waals surface area contributed by atoms with Gasteiger partial charge < -0.3 is 5.32 Å². The second-order valence-corrected chi connectivity index (χ2v) is 6.28. The van der Waals surface area contributed by atoms with Gasteiger partial charge in [-0.15, -0.1) is 11.8 Å². The molecule has 0 bridgehead atoms. The third kappa shape index (κ3) is 5.35. The highest BCUT2D eigenvalue weighted by Crippen LogP contribution is 2.16. The summed E-state index contributed by atoms with van der Waals surface area (Å²) in [7, 11) is 0. The van der Waals surface area contributed by atoms with Gasteiger partial charge in [-0.1, -0.05) is 32.0 Å². The molecule has 108 valence electrons. The maximum Gasteiger partial charge on any atom is 0.164 e. The Kier molecular flexibility index (Phi) is 6.08. The number of rotatable bonds is 8. The van der Waals surface area contributed by atoms with Gasteiger partial charge in [-0.05, 0) is 24.6 Å². The molecule has 0 saturated heterocycles. The molecule has 0 aliphatic rings. The van der Waals surface area contributed by atoms with E-state index in [9.17, 15) is 0 Å². The van der Waals surface area contributed by atoms with Crippen LogP contribution in [0.5, 0.6) is 0 Å². The van der Waals surface area contributed by atoms with E-state index in [1.807, 2.05) is 28.8 Å². The lowest BCUT2D eigenvalue weighted by atomic mass is 10.2. The molecule has 0 radical (unpaired) electrons. The molecule has 0 saturated carbocycles. The van der Waals surface area contributed by atoms with Crippen LogP contribution < -0.4 is 5.32 Å². The van der Waals surface area contributed by atoms with Crippen molar-refractivity contribution in [2.75, 3.05) is 12.3 Å². The molecule has 0 fully saturated rings. The van der Waals surface area contributed by atoms with Gasteiger partial charge in [0, 0.05) is 10.6 Å². The predicted molar refractivity (Wildman–Crippen MR) is 83.7 cm³/mol. The molecule has 2 rings (SSSR count). The second-order valence-electron chi connectivity index (χ2n) is 5.11. The molecular formula is C15H22N4S. The van der Waals surface area contributed by atoms with Crippen molar-refractivity contribution in [2.45, 2.75) is 31.8 Å². The molecule has 2 aromatic rings. The van der Waals surface area contributed by atoms with Crippen LogP contribution in [-0.2, 0) is 13.1 Å². The fourth-order valence-electron chi connectivity index (χ4n) is 1.77. The molecule has 1 aromatic heterocycles. The van der Waals surface area contributed by atoms with Crippen LogP contribution in [0.3, 0.4) is 0 Å². The maximum atomic E-state index is 4.47. The number of aromatic nitrogens is 3. The van der Waals surface area contributed by atoms with E-state index in [2.05, 4.69) is 53.5 Å². The number of nitrogens with one attached hydrogen (secondary N) is 1. The Hall–Kier alpha value is -1.33. The molecule has 1 aromatic carbocycles. The molecule has 0 spiro atoms. The van der Waals surface area contributed by atoms with Crippen LogP contribution in [0, 0.1) is 5.92 Å². The van der Waals surface area contributed by atoms with Crippen LogP contribution in [-0.4, -0.2) is 27.1 Å². The van der Waals surface area contributed by atoms with Crippen LogP contribution in [0.25, 0.3) is 0 Å². The van der Waals surface area contributed by atoms with Gasteiger partial charge in [0.15, 0.2) is 5.82 Å². The summed E-state index contributed by atoms with van der Waals surface area (Å²) in [4.78, 5) is 5.62. The van der Waals surface area contributed by atoms with Crippen molar-refractivity contribution in [2.24, 2.45) is 5.92 Å². The minimum atomic E-state index is 0.652. The van der Waals surface area contributed by atoms with Gasteiger partial charge in [0.1, 0.15) is 6.33 Å². The highest BCUT2D eigenvalue weighted by atomic mass is 32.2. The standard InChI is InChI=1S/C15H22N4S/c1-13(2)10-16-11-15-17-12-19(18-15)8-9-20-14-6-4-3-5-7-14/h3-7,12-13,16H,8-11H2,1-2H3. The van der Waals surface area contributed by atoms with E-state index in [0.29, 0.717) is 5.92 Å². The van der Waals surface area contributed by atoms with Crippen molar-refractivity contribution < 1.29 is 0 Å². The number of aryl methyl sites for hydroxylation is 1. The second kappa shape index (κ2) is 8.07. The molecular weight excluding hydrogens is 268 g/mol. The molecule has 1 N–H and O–H groups in total. The van der Waals surface area contributed by atoms with Crippen molar-refractivity contribution in [3.63, 3.8) is 0 Å². The average Bonchev–Trinajstić information content (AvgIpc) is 2.87. The zero-order valence-electron chi connectivity index (χ0n) is 12.1. The fourth-order valence-corrected chi connectivity index (χ4v) is 2.63. The molecule has 20 heavy (non-hydrogen) atoms. The van der Waals surface area contributed by atoms with Gasteiger partial charge >= 0.3 is 0 Å². The summed E-state index contributed by atoms with van der Waals surface area (Å²) in [5.74, 6) is 2.53. The smallest absolute Gasteiger partial charge is 0.164 e. The number of benzene rings is 1. The summed E-state index contributed by atoms with van der Waals surface area (Å²) >= 11 is 1.84. The molecule has 0 aliphatic carbocycles. The van der Waals surface area contributed by atoms with Crippen molar-refractivity contribution in [3.8, 4) is 0 Å². The Morgan fingerprint density at radius 2 is 2.05 bits per heavy atom. The van der Waals surface area contributed by atoms with Gasteiger partial charge in [0.05, 0.1) is 13.1 Å². The van der Waals surface area contributed by atoms with Crippen LogP contribution >= 0.6 is 11.8 Å². The van der Waals surface area contributed by atoms with Gasteiger partial charge in [-0.3, -0.25) is 4.68 Å². The quantitative estimate of drug-likeness (QED) is 0.759. The van der Waals surface area contributed by atoms with Crippen LogP contribution in [0.1, 0.15) is 19.7 Å². The van der Waals surface area contributed by atoms with E-state index in [1.54, 1.807) is 0 Å². The molecule has 1 heterocycles. The van der Waals surface area contributed by atoms with E-state index < -0.39 is 0 Å². The van der Waals surface area contributed by atoms with Gasteiger partial charge in [0.2, 0.25) is 0 Å². The average molecular weight is 290 g/mol. The van der Waals surface area contributed by atoms with Crippen LogP contribution in [0.4, 0.5) is 0 Å². The predicted octanol–water partition coefficient (Wildman–Crippen LogP) is 2.82. The topological polar surface area (TPSA) is 42.7 Å². The van der Waals surface area contributed by atoms with Crippen molar-refractivity contribution in [1.82, 2.24) is 20.1 Å². The largest absolute Gasteiger partial charge is 0.310 e. The lowest BCUT2D eigenvalue weighted by molar-refractivity contribution is 0.539. The van der Waals surface area contributed by atoms with Crippen molar-refractivity contribution in [1.29, 1.82) is 0 Å². The SMILES string of the molecule is CC(C)CNCc1ncn(CCSc2ccccc2)n1. The van der Waals surface area contributed by atoms with Gasteiger partial charge in [-0.2, -0.15) is 5.10 Å². The molecule has 4 nitrogen and oxygen atoms in total. The van der Waals surface area contributed by atoms with Crippen LogP contribution in [0.15, 0.2) is 41.6 Å². The maximum absolute atomic E-state index is 4.47. The van der Waals surface area contributed by atoms with E-state index >= 15 is 0 Å². The number of thioether (sulfide) groups is 1. The van der Waals surface area contributed by atoms with E-state index in [0.717, 1.165) is 31.2 Å². The highest BCUT2D eigenvalue weighted by Gasteiger charge is 2.01. The minimum Gasteiger partial charge on any atom is -0.310 e. The number of nitrogens with zero attached hydrogens (tertiary/aromatic N) is 3. The molecule has 0 aliphatic heterocycles. The lowest BCUT2D eigenvalue weighted by Gasteiger charge is -2.04. The summed E-state index contributed by atoms with van der Waals surface area (Å²) in [6.07, 6.45) is 1.82. The first-order valence-electron chi connectivity index (χ1n) is 7.01. The first-order valence-corrected chi connectivity index (χ1v) is 7.99. The summed E-state index contributed by atoms with van der Waals surface area (Å²) in [6.45, 7) is 7.02. The molecule has 5 heteroatoms. The highest BCUT2D eigenvalue weighted by molar-refractivity contribution is 7.99.